The number of nitrogens with two attached hydrogens (primary N) is 1. The fourth-order valence-corrected chi connectivity index (χ4v) is 1.44. The van der Waals surface area contributed by atoms with Crippen molar-refractivity contribution in [3.8, 4) is 0 Å². The molecule has 0 heterocycles. The third-order valence-electron chi connectivity index (χ3n) is 1.95. The lowest BCUT2D eigenvalue weighted by Crippen LogP contribution is -2.16. The summed E-state index contributed by atoms with van der Waals surface area (Å²) in [6.07, 6.45) is 0.473. The number of hydrogen-bond donors (Lipinski definition) is 3. The van der Waals surface area contributed by atoms with Crippen LogP contribution in [-0.2, 0) is 0 Å². The number of rotatable bonds is 4. The van der Waals surface area contributed by atoms with Gasteiger partial charge in [-0.1, -0.05) is 22.8 Å². The standard InChI is InChI=1S/C10H14ClN3O/c1-7-2-3-9(8(11)6-7)13-5-4-10(12)14-15/h2-3,6,13,15H,4-5H2,1H3,(H2,12,14). The maximum Gasteiger partial charge on any atom is 0.140 e. The van der Waals surface area contributed by atoms with Crippen LogP contribution in [0.1, 0.15) is 12.0 Å². The Hall–Kier alpha value is -1.42. The first kappa shape index (κ1) is 11.7. The summed E-state index contributed by atoms with van der Waals surface area (Å²) < 4.78 is 0. The Morgan fingerprint density at radius 2 is 2.33 bits per heavy atom. The largest absolute Gasteiger partial charge is 0.409 e. The fourth-order valence-electron chi connectivity index (χ4n) is 1.14. The normalized spacial score (nSPS) is 11.5. The summed E-state index contributed by atoms with van der Waals surface area (Å²) in [7, 11) is 0. The Kier molecular flexibility index (Phi) is 4.24. The molecule has 0 saturated carbocycles. The second-order valence-electron chi connectivity index (χ2n) is 3.25. The van der Waals surface area contributed by atoms with E-state index in [1.165, 1.54) is 0 Å². The lowest BCUT2D eigenvalue weighted by Gasteiger charge is -2.08. The molecule has 1 rings (SSSR count). The van der Waals surface area contributed by atoms with Crippen LogP contribution in [0.15, 0.2) is 23.4 Å². The van der Waals surface area contributed by atoms with Gasteiger partial charge in [-0.15, -0.1) is 0 Å². The SMILES string of the molecule is Cc1ccc(NCCC(N)=NO)c(Cl)c1. The molecule has 0 fully saturated rings. The van der Waals surface area contributed by atoms with Crippen molar-refractivity contribution in [1.29, 1.82) is 0 Å². The molecular weight excluding hydrogens is 214 g/mol. The van der Waals surface area contributed by atoms with E-state index in [0.717, 1.165) is 11.3 Å². The number of hydrogen-bond acceptors (Lipinski definition) is 3. The Bertz CT molecular complexity index is 366. The van der Waals surface area contributed by atoms with E-state index in [4.69, 9.17) is 22.5 Å². The quantitative estimate of drug-likeness (QED) is 0.320. The van der Waals surface area contributed by atoms with Crippen molar-refractivity contribution in [2.75, 3.05) is 11.9 Å². The average Bonchev–Trinajstić information content (AvgIpc) is 2.21. The van der Waals surface area contributed by atoms with Gasteiger partial charge in [-0.25, -0.2) is 0 Å². The first-order valence-corrected chi connectivity index (χ1v) is 4.97. The summed E-state index contributed by atoms with van der Waals surface area (Å²) in [4.78, 5) is 0. The molecule has 1 aromatic rings. The smallest absolute Gasteiger partial charge is 0.140 e. The van der Waals surface area contributed by atoms with Crippen molar-refractivity contribution in [2.24, 2.45) is 10.9 Å². The zero-order valence-corrected chi connectivity index (χ0v) is 9.25. The predicted molar refractivity (Wildman–Crippen MR) is 62.7 cm³/mol. The van der Waals surface area contributed by atoms with Gasteiger partial charge in [0.2, 0.25) is 0 Å². The zero-order chi connectivity index (χ0) is 11.3. The summed E-state index contributed by atoms with van der Waals surface area (Å²) in [6.45, 7) is 2.56. The van der Waals surface area contributed by atoms with Crippen LogP contribution in [0, 0.1) is 6.92 Å². The highest BCUT2D eigenvalue weighted by Gasteiger charge is 1.99. The number of benzene rings is 1. The molecule has 0 aromatic heterocycles. The topological polar surface area (TPSA) is 70.6 Å². The highest BCUT2D eigenvalue weighted by atomic mass is 35.5. The minimum atomic E-state index is 0.200. The molecule has 0 spiro atoms. The van der Waals surface area contributed by atoms with E-state index in [1.807, 2.05) is 25.1 Å². The molecule has 0 aliphatic heterocycles. The van der Waals surface area contributed by atoms with E-state index in [-0.39, 0.29) is 5.84 Å². The van der Waals surface area contributed by atoms with Gasteiger partial charge in [0, 0.05) is 13.0 Å². The van der Waals surface area contributed by atoms with Crippen LogP contribution in [0.4, 0.5) is 5.69 Å². The second-order valence-corrected chi connectivity index (χ2v) is 3.66. The van der Waals surface area contributed by atoms with Crippen LogP contribution in [0.5, 0.6) is 0 Å². The van der Waals surface area contributed by atoms with Gasteiger partial charge in [0.15, 0.2) is 0 Å². The highest BCUT2D eigenvalue weighted by molar-refractivity contribution is 6.33. The van der Waals surface area contributed by atoms with E-state index in [1.54, 1.807) is 0 Å². The Morgan fingerprint density at radius 3 is 2.93 bits per heavy atom. The Labute approximate surface area is 93.7 Å². The number of oxime groups is 1. The summed E-state index contributed by atoms with van der Waals surface area (Å²) in [5.74, 6) is 0.200. The van der Waals surface area contributed by atoms with Gasteiger partial charge in [-0.2, -0.15) is 0 Å². The summed E-state index contributed by atoms with van der Waals surface area (Å²) in [6, 6.07) is 5.76. The molecule has 0 unspecified atom stereocenters. The van der Waals surface area contributed by atoms with Crippen molar-refractivity contribution >= 4 is 23.1 Å². The molecule has 0 aliphatic rings. The van der Waals surface area contributed by atoms with Gasteiger partial charge < -0.3 is 16.3 Å². The minimum Gasteiger partial charge on any atom is -0.409 e. The van der Waals surface area contributed by atoms with Crippen molar-refractivity contribution in [3.63, 3.8) is 0 Å². The maximum atomic E-state index is 8.33. The lowest BCUT2D eigenvalue weighted by molar-refractivity contribution is 0.317. The van der Waals surface area contributed by atoms with Gasteiger partial charge in [-0.3, -0.25) is 0 Å². The van der Waals surface area contributed by atoms with E-state index in [0.29, 0.717) is 18.0 Å². The van der Waals surface area contributed by atoms with Crippen molar-refractivity contribution < 1.29 is 5.21 Å². The molecule has 0 amide bonds. The molecule has 0 saturated heterocycles. The van der Waals surface area contributed by atoms with E-state index in [2.05, 4.69) is 10.5 Å². The van der Waals surface area contributed by atoms with Gasteiger partial charge in [-0.05, 0) is 24.6 Å². The number of amidine groups is 1. The van der Waals surface area contributed by atoms with Gasteiger partial charge in [0.25, 0.3) is 0 Å². The number of anilines is 1. The van der Waals surface area contributed by atoms with Crippen molar-refractivity contribution in [3.05, 3.63) is 28.8 Å². The molecule has 4 N–H and O–H groups in total. The molecule has 0 atom stereocenters. The van der Waals surface area contributed by atoms with Gasteiger partial charge in [0.1, 0.15) is 5.84 Å². The van der Waals surface area contributed by atoms with E-state index in [9.17, 15) is 0 Å². The van der Waals surface area contributed by atoms with Gasteiger partial charge in [0.05, 0.1) is 10.7 Å². The van der Waals surface area contributed by atoms with Crippen molar-refractivity contribution in [1.82, 2.24) is 0 Å². The molecule has 1 aromatic carbocycles. The Morgan fingerprint density at radius 1 is 1.60 bits per heavy atom. The number of halogens is 1. The van der Waals surface area contributed by atoms with Gasteiger partial charge >= 0.3 is 0 Å². The molecule has 5 heteroatoms. The van der Waals surface area contributed by atoms with E-state index >= 15 is 0 Å². The van der Waals surface area contributed by atoms with Crippen LogP contribution >= 0.6 is 11.6 Å². The minimum absolute atomic E-state index is 0.200. The zero-order valence-electron chi connectivity index (χ0n) is 8.50. The number of nitrogens with one attached hydrogen (secondary N) is 1. The van der Waals surface area contributed by atoms with Crippen LogP contribution in [0.3, 0.4) is 0 Å². The summed E-state index contributed by atoms with van der Waals surface area (Å²) >= 11 is 6.01. The summed E-state index contributed by atoms with van der Waals surface area (Å²) in [5, 5.41) is 15.0. The first-order chi connectivity index (χ1) is 7.13. The number of nitrogens with zero attached hydrogens (tertiary/aromatic N) is 1. The molecule has 82 valence electrons. The highest BCUT2D eigenvalue weighted by Crippen LogP contribution is 2.22. The second kappa shape index (κ2) is 5.46. The molecule has 15 heavy (non-hydrogen) atoms. The lowest BCUT2D eigenvalue weighted by atomic mass is 10.2. The average molecular weight is 228 g/mol. The third-order valence-corrected chi connectivity index (χ3v) is 2.26. The van der Waals surface area contributed by atoms with Crippen molar-refractivity contribution in [2.45, 2.75) is 13.3 Å². The molecule has 0 radical (unpaired) electrons. The van der Waals surface area contributed by atoms with Crippen LogP contribution in [0.25, 0.3) is 0 Å². The molecule has 4 nitrogen and oxygen atoms in total. The van der Waals surface area contributed by atoms with E-state index < -0.39 is 0 Å². The molecule has 0 aliphatic carbocycles. The number of aryl methyl sites for hydroxylation is 1. The first-order valence-electron chi connectivity index (χ1n) is 4.60. The molecular formula is C10H14ClN3O. The fraction of sp³-hybridized carbons (Fsp3) is 0.300. The Balaban J connectivity index is 2.51. The third kappa shape index (κ3) is 3.67. The summed E-state index contributed by atoms with van der Waals surface area (Å²) in [5.41, 5.74) is 7.29. The monoisotopic (exact) mass is 227 g/mol. The maximum absolute atomic E-state index is 8.33. The van der Waals surface area contributed by atoms with Crippen LogP contribution in [-0.4, -0.2) is 17.6 Å². The van der Waals surface area contributed by atoms with Crippen LogP contribution in [0.2, 0.25) is 5.02 Å². The predicted octanol–water partition coefficient (Wildman–Crippen LogP) is 2.20. The van der Waals surface area contributed by atoms with Crippen LogP contribution < -0.4 is 11.1 Å². The molecule has 0 bridgehead atoms.